The molecule has 0 bridgehead atoms. The van der Waals surface area contributed by atoms with Crippen LogP contribution in [0.3, 0.4) is 0 Å². The highest BCUT2D eigenvalue weighted by molar-refractivity contribution is 5.64. The number of ether oxygens (including phenoxy) is 6. The Morgan fingerprint density at radius 2 is 0.839 bits per heavy atom. The van der Waals surface area contributed by atoms with Crippen LogP contribution in [0.5, 0.6) is 23.0 Å². The van der Waals surface area contributed by atoms with E-state index >= 15 is 0 Å². The number of epoxide rings is 2. The van der Waals surface area contributed by atoms with Gasteiger partial charge < -0.3 is 28.4 Å². The Labute approximate surface area is 181 Å². The summed E-state index contributed by atoms with van der Waals surface area (Å²) in [6.45, 7) is 2.92. The van der Waals surface area contributed by atoms with Gasteiger partial charge in [0.05, 0.1) is 13.2 Å². The molecule has 0 radical (unpaired) electrons. The van der Waals surface area contributed by atoms with E-state index in [2.05, 4.69) is 0 Å². The van der Waals surface area contributed by atoms with E-state index in [1.54, 1.807) is 0 Å². The minimum absolute atomic E-state index is 0.131. The van der Waals surface area contributed by atoms with Gasteiger partial charge >= 0.3 is 0 Å². The van der Waals surface area contributed by atoms with Crippen LogP contribution in [0.1, 0.15) is 0 Å². The highest BCUT2D eigenvalue weighted by Crippen LogP contribution is 2.25. The Morgan fingerprint density at radius 3 is 1.19 bits per heavy atom. The lowest BCUT2D eigenvalue weighted by Gasteiger charge is -2.10. The molecule has 6 heteroatoms. The smallest absolute Gasteiger partial charge is 0.230 e. The Balaban J connectivity index is 1.07. The van der Waals surface area contributed by atoms with Crippen molar-refractivity contribution in [3.8, 4) is 34.1 Å². The minimum atomic E-state index is 0.131. The van der Waals surface area contributed by atoms with E-state index in [4.69, 9.17) is 28.4 Å². The largest absolute Gasteiger partial charge is 0.491 e. The fourth-order valence-corrected chi connectivity index (χ4v) is 2.99. The van der Waals surface area contributed by atoms with Crippen molar-refractivity contribution < 1.29 is 28.4 Å². The lowest BCUT2D eigenvalue weighted by molar-refractivity contribution is 0.119. The molecule has 0 aromatic heterocycles. The molecule has 31 heavy (non-hydrogen) atoms. The summed E-state index contributed by atoms with van der Waals surface area (Å²) in [5.74, 6) is 3.13. The summed E-state index contributed by atoms with van der Waals surface area (Å²) in [6, 6.07) is 23.5. The number of hydrogen-bond acceptors (Lipinski definition) is 6. The summed E-state index contributed by atoms with van der Waals surface area (Å²) in [7, 11) is 0. The molecule has 2 atom stereocenters. The van der Waals surface area contributed by atoms with E-state index in [1.165, 1.54) is 0 Å². The van der Waals surface area contributed by atoms with Gasteiger partial charge in [-0.3, -0.25) is 0 Å². The molecule has 0 saturated carbocycles. The summed E-state index contributed by atoms with van der Waals surface area (Å²) >= 11 is 0. The molecule has 0 amide bonds. The van der Waals surface area contributed by atoms with Crippen LogP contribution in [0.4, 0.5) is 0 Å². The minimum Gasteiger partial charge on any atom is -0.491 e. The van der Waals surface area contributed by atoms with Crippen molar-refractivity contribution in [3.63, 3.8) is 0 Å². The summed E-state index contributed by atoms with van der Waals surface area (Å²) in [5.41, 5.74) is 2.23. The molecular weight excluding hydrogens is 396 g/mol. The summed E-state index contributed by atoms with van der Waals surface area (Å²) in [6.07, 6.45) is 0.508. The topological polar surface area (TPSA) is 62.0 Å². The molecule has 0 spiro atoms. The van der Waals surface area contributed by atoms with Crippen LogP contribution in [-0.4, -0.2) is 45.4 Å². The van der Waals surface area contributed by atoms with Crippen LogP contribution in [0.15, 0.2) is 72.8 Å². The fraction of sp³-hybridized carbons (Fsp3) is 0.280. The van der Waals surface area contributed by atoms with E-state index in [0.29, 0.717) is 13.2 Å². The summed E-state index contributed by atoms with van der Waals surface area (Å²) in [5, 5.41) is 0. The predicted molar refractivity (Wildman–Crippen MR) is 115 cm³/mol. The molecule has 5 rings (SSSR count). The second-order valence-electron chi connectivity index (χ2n) is 7.46. The molecule has 160 valence electrons. The Hall–Kier alpha value is -3.22. The molecule has 2 heterocycles. The van der Waals surface area contributed by atoms with Gasteiger partial charge in [0.15, 0.2) is 0 Å². The van der Waals surface area contributed by atoms with Gasteiger partial charge in [-0.1, -0.05) is 24.3 Å². The third kappa shape index (κ3) is 5.90. The lowest BCUT2D eigenvalue weighted by Crippen LogP contribution is -2.06. The highest BCUT2D eigenvalue weighted by Gasteiger charge is 2.23. The highest BCUT2D eigenvalue weighted by atomic mass is 16.7. The molecule has 3 aromatic carbocycles. The summed E-state index contributed by atoms with van der Waals surface area (Å²) < 4.78 is 32.9. The van der Waals surface area contributed by atoms with Gasteiger partial charge in [0.2, 0.25) is 6.79 Å². The Kier molecular flexibility index (Phi) is 5.91. The van der Waals surface area contributed by atoms with E-state index < -0.39 is 0 Å². The molecule has 2 saturated heterocycles. The third-order valence-electron chi connectivity index (χ3n) is 4.99. The van der Waals surface area contributed by atoms with E-state index in [9.17, 15) is 0 Å². The maximum Gasteiger partial charge on any atom is 0.230 e. The average molecular weight is 420 g/mol. The molecule has 0 aliphatic carbocycles. The van der Waals surface area contributed by atoms with E-state index in [0.717, 1.165) is 47.3 Å². The quantitative estimate of drug-likeness (QED) is 0.340. The van der Waals surface area contributed by atoms with Crippen LogP contribution in [0.25, 0.3) is 11.1 Å². The van der Waals surface area contributed by atoms with Crippen LogP contribution in [0.2, 0.25) is 0 Å². The van der Waals surface area contributed by atoms with Crippen molar-refractivity contribution >= 4 is 0 Å². The monoisotopic (exact) mass is 420 g/mol. The van der Waals surface area contributed by atoms with Gasteiger partial charge in [-0.15, -0.1) is 0 Å². The molecular formula is C25H24O6. The van der Waals surface area contributed by atoms with Crippen molar-refractivity contribution in [2.24, 2.45) is 0 Å². The molecule has 6 nitrogen and oxygen atoms in total. The zero-order valence-corrected chi connectivity index (χ0v) is 17.1. The Bertz CT molecular complexity index is 960. The Morgan fingerprint density at radius 1 is 0.516 bits per heavy atom. The van der Waals surface area contributed by atoms with E-state index in [1.807, 2.05) is 72.8 Å². The molecule has 2 unspecified atom stereocenters. The molecule has 2 fully saturated rings. The summed E-state index contributed by atoms with van der Waals surface area (Å²) in [4.78, 5) is 0. The molecule has 3 aromatic rings. The number of hydrogen-bond donors (Lipinski definition) is 0. The first-order chi connectivity index (χ1) is 15.3. The zero-order chi connectivity index (χ0) is 20.9. The first-order valence-corrected chi connectivity index (χ1v) is 10.4. The first-order valence-electron chi connectivity index (χ1n) is 10.4. The van der Waals surface area contributed by atoms with Crippen molar-refractivity contribution in [1.29, 1.82) is 0 Å². The van der Waals surface area contributed by atoms with Crippen LogP contribution in [-0.2, 0) is 9.47 Å². The predicted octanol–water partition coefficient (Wildman–Crippen LogP) is 4.32. The normalized spacial score (nSPS) is 18.8. The number of benzene rings is 3. The van der Waals surface area contributed by atoms with Crippen molar-refractivity contribution in [1.82, 2.24) is 0 Å². The molecule has 2 aliphatic heterocycles. The van der Waals surface area contributed by atoms with Gasteiger partial charge in [0.25, 0.3) is 0 Å². The van der Waals surface area contributed by atoms with Crippen molar-refractivity contribution in [3.05, 3.63) is 72.8 Å². The lowest BCUT2D eigenvalue weighted by atomic mass is 10.1. The fourth-order valence-electron chi connectivity index (χ4n) is 2.99. The maximum absolute atomic E-state index is 5.70. The second-order valence-corrected chi connectivity index (χ2v) is 7.46. The second kappa shape index (κ2) is 9.29. The van der Waals surface area contributed by atoms with Gasteiger partial charge in [-0.05, 0) is 59.7 Å². The van der Waals surface area contributed by atoms with E-state index in [-0.39, 0.29) is 19.0 Å². The van der Waals surface area contributed by atoms with Crippen LogP contribution >= 0.6 is 0 Å². The van der Waals surface area contributed by atoms with Gasteiger partial charge in [0, 0.05) is 0 Å². The van der Waals surface area contributed by atoms with Crippen molar-refractivity contribution in [2.45, 2.75) is 12.2 Å². The van der Waals surface area contributed by atoms with Crippen LogP contribution in [0, 0.1) is 0 Å². The van der Waals surface area contributed by atoms with Crippen molar-refractivity contribution in [2.75, 3.05) is 33.2 Å². The molecule has 2 aliphatic rings. The molecule has 0 N–H and O–H groups in total. The SMILES string of the molecule is c1cc(OCC2CO2)ccc1OCOc1ccc(-c2ccc(OCC3CO3)cc2)cc1. The zero-order valence-electron chi connectivity index (χ0n) is 17.1. The van der Waals surface area contributed by atoms with Crippen LogP contribution < -0.4 is 18.9 Å². The average Bonchev–Trinajstić information content (AvgIpc) is 3.73. The van der Waals surface area contributed by atoms with Gasteiger partial charge in [-0.25, -0.2) is 0 Å². The number of rotatable bonds is 11. The first kappa shape index (κ1) is 19.7. The van der Waals surface area contributed by atoms with Gasteiger partial charge in [0.1, 0.15) is 48.4 Å². The third-order valence-corrected chi connectivity index (χ3v) is 4.99. The van der Waals surface area contributed by atoms with Gasteiger partial charge in [-0.2, -0.15) is 0 Å². The standard InChI is InChI=1S/C25H24O6/c1-5-20(26-13-24-15-28-24)6-2-18(1)19-3-7-22(8-4-19)30-17-31-23-11-9-21(10-12-23)27-14-25-16-29-25/h1-12,24-25H,13-17H2. The maximum atomic E-state index is 5.70.